The number of hydrogen-bond donors (Lipinski definition) is 5. The highest BCUT2D eigenvalue weighted by Crippen LogP contribution is 2.31. The molecule has 0 saturated carbocycles. The van der Waals surface area contributed by atoms with E-state index in [9.17, 15) is 18.0 Å². The molecule has 60 heavy (non-hydrogen) atoms. The Morgan fingerprint density at radius 3 is 2.38 bits per heavy atom. The molecule has 2 aliphatic heterocycles. The van der Waals surface area contributed by atoms with Gasteiger partial charge in [0.15, 0.2) is 0 Å². The molecule has 17 heteroatoms. The van der Waals surface area contributed by atoms with Crippen molar-refractivity contribution >= 4 is 28.2 Å². The Hall–Kier alpha value is -4.70. The van der Waals surface area contributed by atoms with Crippen LogP contribution in [0.15, 0.2) is 54.4 Å². The highest BCUT2D eigenvalue weighted by molar-refractivity contribution is 5.95. The molecule has 2 fully saturated rings. The third-order valence-corrected chi connectivity index (χ3v) is 10.4. The summed E-state index contributed by atoms with van der Waals surface area (Å²) in [4.78, 5) is 17.4. The maximum Gasteiger partial charge on any atom is 0.406 e. The van der Waals surface area contributed by atoms with Gasteiger partial charge in [-0.25, -0.2) is 5.84 Å². The second-order valence-electron chi connectivity index (χ2n) is 15.1. The summed E-state index contributed by atoms with van der Waals surface area (Å²) >= 11 is 0. The van der Waals surface area contributed by atoms with E-state index in [2.05, 4.69) is 44.6 Å². The smallest absolute Gasteiger partial charge is 0.406 e. The fourth-order valence-corrected chi connectivity index (χ4v) is 7.23. The van der Waals surface area contributed by atoms with E-state index in [0.717, 1.165) is 56.9 Å². The number of halogens is 3. The van der Waals surface area contributed by atoms with Crippen LogP contribution in [0.25, 0.3) is 10.9 Å². The Balaban J connectivity index is 0.988. The third-order valence-electron chi connectivity index (χ3n) is 10.4. The van der Waals surface area contributed by atoms with Gasteiger partial charge in [-0.2, -0.15) is 13.2 Å². The van der Waals surface area contributed by atoms with E-state index in [1.165, 1.54) is 30.9 Å². The van der Waals surface area contributed by atoms with E-state index in [1.54, 1.807) is 47.6 Å². The van der Waals surface area contributed by atoms with Crippen LogP contribution in [0.4, 0.5) is 24.5 Å². The Kier molecular flexibility index (Phi) is 18.5. The molecule has 1 aromatic heterocycles. The number of nitrogens with zero attached hydrogens (tertiary/aromatic N) is 4. The van der Waals surface area contributed by atoms with Gasteiger partial charge < -0.3 is 55.1 Å². The molecule has 0 aliphatic carbocycles. The quantitative estimate of drug-likeness (QED) is 0.0421. The number of carbonyl (C=O) groups excluding carboxylic acids is 1. The van der Waals surface area contributed by atoms with Gasteiger partial charge in [-0.3, -0.25) is 9.69 Å². The summed E-state index contributed by atoms with van der Waals surface area (Å²) < 4.78 is 64.6. The normalized spacial score (nSPS) is 15.7. The van der Waals surface area contributed by atoms with Gasteiger partial charge >= 0.3 is 6.18 Å². The lowest BCUT2D eigenvalue weighted by molar-refractivity contribution is -0.140. The molecule has 7 N–H and O–H groups in total. The number of likely N-dealkylation sites (tertiary alicyclic amines) is 2. The summed E-state index contributed by atoms with van der Waals surface area (Å²) in [6.45, 7) is 6.97. The summed E-state index contributed by atoms with van der Waals surface area (Å²) in [5.41, 5.74) is 9.40. The molecule has 14 nitrogen and oxygen atoms in total. The molecule has 1 amide bonds. The fourth-order valence-electron chi connectivity index (χ4n) is 7.23. The number of amides is 1. The predicted molar refractivity (Wildman–Crippen MR) is 229 cm³/mol. The number of fused-ring (bicyclic) bond motifs is 1. The highest BCUT2D eigenvalue weighted by atomic mass is 19.4. The zero-order valence-corrected chi connectivity index (χ0v) is 35.0. The molecule has 0 unspecified atom stereocenters. The van der Waals surface area contributed by atoms with E-state index in [1.807, 2.05) is 6.07 Å². The van der Waals surface area contributed by atoms with Gasteiger partial charge in [-0.1, -0.05) is 18.4 Å². The number of methoxy groups -OCH3 is 1. The molecule has 3 heterocycles. The van der Waals surface area contributed by atoms with Crippen LogP contribution in [-0.2, 0) is 20.8 Å². The number of hydrogen-bond acceptors (Lipinski definition) is 12. The standard InChI is InChI=1S/C43H62F3N9O5/c1-52-19-13-35(14-20-52)51-38-9-6-10-40-37(38)29-36(55(40)32-43(44,45)46)8-7-15-49-39-12-11-33(28-41(39)57-2)42(56)50-16-22-58-24-26-60-27-25-59-23-21-54(48)31-34(47)30-53-17-4-3-5-18-53/h6,9-12,28-29,31,35,49,51H,3-5,13-27,30,32,47-48H2,1-2H3,(H,50,56)/b34-31-. The lowest BCUT2D eigenvalue weighted by Crippen LogP contribution is -2.36. The molecular weight excluding hydrogens is 780 g/mol. The van der Waals surface area contributed by atoms with Gasteiger partial charge in [0.2, 0.25) is 0 Å². The monoisotopic (exact) mass is 841 g/mol. The fraction of sp³-hybridized carbons (Fsp3) is 0.558. The lowest BCUT2D eigenvalue weighted by atomic mass is 10.0. The second kappa shape index (κ2) is 23.9. The number of nitrogens with two attached hydrogens (primary N) is 2. The van der Waals surface area contributed by atoms with Crippen LogP contribution in [0, 0.1) is 11.8 Å². The molecule has 2 saturated heterocycles. The molecule has 3 aromatic rings. The summed E-state index contributed by atoms with van der Waals surface area (Å²) in [5.74, 6) is 12.1. The van der Waals surface area contributed by atoms with Crippen LogP contribution < -0.4 is 32.3 Å². The van der Waals surface area contributed by atoms with Crippen molar-refractivity contribution in [3.05, 3.63) is 65.6 Å². The van der Waals surface area contributed by atoms with E-state index in [-0.39, 0.29) is 24.2 Å². The highest BCUT2D eigenvalue weighted by Gasteiger charge is 2.30. The van der Waals surface area contributed by atoms with Gasteiger partial charge in [0.1, 0.15) is 12.3 Å². The van der Waals surface area contributed by atoms with Gasteiger partial charge in [-0.05, 0) is 101 Å². The first-order valence-electron chi connectivity index (χ1n) is 20.7. The number of alkyl halides is 3. The Labute approximate surface area is 351 Å². The minimum atomic E-state index is -4.42. The number of aromatic nitrogens is 1. The average Bonchev–Trinajstić information content (AvgIpc) is 3.57. The van der Waals surface area contributed by atoms with Crippen LogP contribution in [0.2, 0.25) is 0 Å². The van der Waals surface area contributed by atoms with Crippen molar-refractivity contribution in [2.75, 3.05) is 117 Å². The van der Waals surface area contributed by atoms with E-state index in [0.29, 0.717) is 80.6 Å². The summed E-state index contributed by atoms with van der Waals surface area (Å²) in [7, 11) is 3.57. The van der Waals surface area contributed by atoms with Gasteiger partial charge in [0.05, 0.1) is 76.7 Å². The van der Waals surface area contributed by atoms with E-state index < -0.39 is 12.7 Å². The Morgan fingerprint density at radius 1 is 0.950 bits per heavy atom. The number of carbonyl (C=O) groups is 1. The minimum Gasteiger partial charge on any atom is -0.495 e. The third kappa shape index (κ3) is 15.4. The van der Waals surface area contributed by atoms with E-state index in [4.69, 9.17) is 30.5 Å². The second-order valence-corrected chi connectivity index (χ2v) is 15.1. The molecule has 0 atom stereocenters. The van der Waals surface area contributed by atoms with E-state index >= 15 is 0 Å². The summed E-state index contributed by atoms with van der Waals surface area (Å²) in [5, 5.41) is 11.8. The SMILES string of the molecule is COc1cc(C(=O)NCCOCCOCCOCCN(N)/C=C(\N)CN2CCCCC2)ccc1NCC#Cc1cc2c(NC3CCN(C)CC3)cccc2n1CC(F)(F)F. The van der Waals surface area contributed by atoms with Gasteiger partial charge in [0, 0.05) is 47.7 Å². The average molecular weight is 842 g/mol. The number of ether oxygens (including phenoxy) is 4. The number of hydrazine groups is 1. The molecule has 2 aromatic carbocycles. The van der Waals surface area contributed by atoms with Crippen LogP contribution >= 0.6 is 0 Å². The van der Waals surface area contributed by atoms with Crippen molar-refractivity contribution in [1.29, 1.82) is 0 Å². The number of benzene rings is 2. The first-order chi connectivity index (χ1) is 29.0. The zero-order chi connectivity index (χ0) is 42.7. The molecule has 0 radical (unpaired) electrons. The van der Waals surface area contributed by atoms with Crippen molar-refractivity contribution in [2.45, 2.75) is 50.9 Å². The number of nitrogens with one attached hydrogen (secondary N) is 3. The van der Waals surface area contributed by atoms with Crippen molar-refractivity contribution in [3.8, 4) is 17.6 Å². The number of anilines is 2. The maximum atomic E-state index is 13.7. The Bertz CT molecular complexity index is 1880. The number of piperidine rings is 2. The van der Waals surface area contributed by atoms with Crippen LogP contribution in [0.1, 0.15) is 48.2 Å². The van der Waals surface area contributed by atoms with Crippen molar-refractivity contribution in [1.82, 2.24) is 24.7 Å². The van der Waals surface area contributed by atoms with Crippen LogP contribution in [0.3, 0.4) is 0 Å². The van der Waals surface area contributed by atoms with Crippen molar-refractivity contribution in [3.63, 3.8) is 0 Å². The van der Waals surface area contributed by atoms with Crippen molar-refractivity contribution < 1.29 is 36.9 Å². The molecule has 330 valence electrons. The minimum absolute atomic E-state index is 0.129. The summed E-state index contributed by atoms with van der Waals surface area (Å²) in [6.07, 6.45) is 2.97. The number of rotatable bonds is 22. The molecule has 0 bridgehead atoms. The largest absolute Gasteiger partial charge is 0.495 e. The van der Waals surface area contributed by atoms with Crippen LogP contribution in [-0.4, -0.2) is 144 Å². The predicted octanol–water partition coefficient (Wildman–Crippen LogP) is 4.42. The first kappa shape index (κ1) is 46.4. The van der Waals surface area contributed by atoms with Crippen LogP contribution in [0.5, 0.6) is 5.75 Å². The molecular formula is C43H62F3N9O5. The lowest BCUT2D eigenvalue weighted by Gasteiger charge is -2.30. The topological polar surface area (TPSA) is 157 Å². The molecule has 2 aliphatic rings. The molecule has 0 spiro atoms. The first-order valence-corrected chi connectivity index (χ1v) is 20.7. The molecule has 5 rings (SSSR count). The van der Waals surface area contributed by atoms with Gasteiger partial charge in [-0.15, -0.1) is 0 Å². The Morgan fingerprint density at radius 2 is 1.67 bits per heavy atom. The zero-order valence-electron chi connectivity index (χ0n) is 35.0. The van der Waals surface area contributed by atoms with Gasteiger partial charge in [0.25, 0.3) is 5.91 Å². The van der Waals surface area contributed by atoms with Crippen molar-refractivity contribution in [2.24, 2.45) is 11.6 Å². The maximum absolute atomic E-state index is 13.7. The summed E-state index contributed by atoms with van der Waals surface area (Å²) in [6, 6.07) is 12.3.